The van der Waals surface area contributed by atoms with E-state index in [1.54, 1.807) is 5.57 Å². The minimum absolute atomic E-state index is 0.383. The second-order valence-electron chi connectivity index (χ2n) is 8.63. The van der Waals surface area contributed by atoms with Crippen molar-refractivity contribution in [1.82, 2.24) is 0 Å². The third-order valence-electron chi connectivity index (χ3n) is 7.64. The first-order chi connectivity index (χ1) is 10.1. The van der Waals surface area contributed by atoms with E-state index in [9.17, 15) is 5.11 Å². The number of aliphatic hydroxyl groups excluding tert-OH is 1. The normalized spacial score (nSPS) is 52.6. The first-order valence-electron chi connectivity index (χ1n) is 9.01. The Bertz CT molecular complexity index is 456. The van der Waals surface area contributed by atoms with Crippen molar-refractivity contribution < 1.29 is 9.84 Å². The number of ether oxygens (including phenoxy) is 1. The summed E-state index contributed by atoms with van der Waals surface area (Å²) in [5.41, 5.74) is 2.44. The predicted molar refractivity (Wildman–Crippen MR) is 83.9 cm³/mol. The van der Waals surface area contributed by atoms with Crippen LogP contribution in [0.5, 0.6) is 0 Å². The number of aliphatic hydroxyl groups is 1. The molecule has 1 heterocycles. The molecule has 21 heavy (non-hydrogen) atoms. The number of hydrogen-bond acceptors (Lipinski definition) is 2. The summed E-state index contributed by atoms with van der Waals surface area (Å²) in [5.74, 6) is 1.93. The molecule has 0 unspecified atom stereocenters. The van der Waals surface area contributed by atoms with Gasteiger partial charge in [0.25, 0.3) is 0 Å². The van der Waals surface area contributed by atoms with E-state index in [0.29, 0.717) is 41.3 Å². The van der Waals surface area contributed by atoms with Crippen LogP contribution in [-0.2, 0) is 4.74 Å². The predicted octanol–water partition coefficient (Wildman–Crippen LogP) is 3.94. The van der Waals surface area contributed by atoms with Gasteiger partial charge in [0, 0.05) is 13.2 Å². The minimum atomic E-state index is 0.383. The summed E-state index contributed by atoms with van der Waals surface area (Å²) in [4.78, 5) is 0. The molecule has 6 atom stereocenters. The lowest BCUT2D eigenvalue weighted by molar-refractivity contribution is -0.0510. The summed E-state index contributed by atoms with van der Waals surface area (Å²) in [5, 5.41) is 9.79. The summed E-state index contributed by atoms with van der Waals surface area (Å²) in [6, 6.07) is 0. The molecule has 3 fully saturated rings. The van der Waals surface area contributed by atoms with Gasteiger partial charge < -0.3 is 9.84 Å². The second-order valence-corrected chi connectivity index (χ2v) is 8.63. The molecule has 0 aromatic carbocycles. The molecule has 2 saturated carbocycles. The van der Waals surface area contributed by atoms with Crippen LogP contribution in [0.4, 0.5) is 0 Å². The highest BCUT2D eigenvalue weighted by Crippen LogP contribution is 2.62. The van der Waals surface area contributed by atoms with Crippen molar-refractivity contribution in [2.75, 3.05) is 13.2 Å². The van der Waals surface area contributed by atoms with Crippen molar-refractivity contribution in [2.24, 2.45) is 28.6 Å². The lowest BCUT2D eigenvalue weighted by Crippen LogP contribution is -2.51. The zero-order valence-corrected chi connectivity index (χ0v) is 13.6. The van der Waals surface area contributed by atoms with Gasteiger partial charge in [-0.25, -0.2) is 0 Å². The zero-order chi connectivity index (χ0) is 14.7. The Morgan fingerprint density at radius 3 is 2.90 bits per heavy atom. The average molecular weight is 290 g/mol. The lowest BCUT2D eigenvalue weighted by atomic mass is 9.48. The molecule has 4 rings (SSSR count). The monoisotopic (exact) mass is 290 g/mol. The van der Waals surface area contributed by atoms with Gasteiger partial charge in [-0.15, -0.1) is 0 Å². The van der Waals surface area contributed by atoms with Gasteiger partial charge in [-0.2, -0.15) is 0 Å². The van der Waals surface area contributed by atoms with Crippen molar-refractivity contribution in [1.29, 1.82) is 0 Å². The van der Waals surface area contributed by atoms with E-state index in [1.807, 2.05) is 0 Å². The maximum Gasteiger partial charge on any atom is 0.0842 e. The molecule has 0 bridgehead atoms. The Morgan fingerprint density at radius 2 is 2.10 bits per heavy atom. The van der Waals surface area contributed by atoms with E-state index in [4.69, 9.17) is 4.74 Å². The highest BCUT2D eigenvalue weighted by atomic mass is 16.5. The molecule has 118 valence electrons. The molecule has 1 N–H and O–H groups in total. The van der Waals surface area contributed by atoms with Gasteiger partial charge in [-0.3, -0.25) is 0 Å². The van der Waals surface area contributed by atoms with Gasteiger partial charge in [0.2, 0.25) is 0 Å². The fourth-order valence-electron chi connectivity index (χ4n) is 6.33. The van der Waals surface area contributed by atoms with E-state index in [0.717, 1.165) is 6.61 Å². The molecular weight excluding hydrogens is 260 g/mol. The number of fused-ring (bicyclic) bond motifs is 5. The highest BCUT2D eigenvalue weighted by molar-refractivity contribution is 5.28. The van der Waals surface area contributed by atoms with Gasteiger partial charge >= 0.3 is 0 Å². The Kier molecular flexibility index (Phi) is 3.28. The Morgan fingerprint density at radius 1 is 1.24 bits per heavy atom. The van der Waals surface area contributed by atoms with Crippen molar-refractivity contribution in [3.63, 3.8) is 0 Å². The maximum absolute atomic E-state index is 9.79. The molecule has 2 nitrogen and oxygen atoms in total. The molecule has 3 aliphatic carbocycles. The standard InChI is InChI=1S/C19H30O2/c1-18-9-7-16-14(17(18)21-11-10-18)5-6-15-13(12-20)4-3-8-19(15,16)2/h5,13,15-17,20H,3-4,6-12H2,1-2H3/t13-,15-,16-,17-,18+,19-/m0/s1. The first kappa shape index (κ1) is 14.3. The van der Waals surface area contributed by atoms with Crippen LogP contribution in [0.2, 0.25) is 0 Å². The van der Waals surface area contributed by atoms with E-state index < -0.39 is 0 Å². The smallest absolute Gasteiger partial charge is 0.0842 e. The van der Waals surface area contributed by atoms with Gasteiger partial charge in [0.1, 0.15) is 0 Å². The van der Waals surface area contributed by atoms with Gasteiger partial charge in [0.05, 0.1) is 6.10 Å². The largest absolute Gasteiger partial charge is 0.396 e. The lowest BCUT2D eigenvalue weighted by Gasteiger charge is -2.57. The molecule has 0 radical (unpaired) electrons. The van der Waals surface area contributed by atoms with Crippen LogP contribution < -0.4 is 0 Å². The van der Waals surface area contributed by atoms with Crippen LogP contribution in [0.3, 0.4) is 0 Å². The molecule has 0 aromatic rings. The van der Waals surface area contributed by atoms with Crippen LogP contribution in [0, 0.1) is 28.6 Å². The molecule has 1 aliphatic heterocycles. The summed E-state index contributed by atoms with van der Waals surface area (Å²) in [6.07, 6.45) is 11.9. The van der Waals surface area contributed by atoms with Gasteiger partial charge in [0.15, 0.2) is 0 Å². The molecule has 1 saturated heterocycles. The third-order valence-corrected chi connectivity index (χ3v) is 7.64. The van der Waals surface area contributed by atoms with E-state index in [2.05, 4.69) is 19.9 Å². The fourth-order valence-corrected chi connectivity index (χ4v) is 6.33. The summed E-state index contributed by atoms with van der Waals surface area (Å²) < 4.78 is 6.19. The van der Waals surface area contributed by atoms with Crippen LogP contribution in [0.15, 0.2) is 11.6 Å². The quantitative estimate of drug-likeness (QED) is 0.741. The van der Waals surface area contributed by atoms with Gasteiger partial charge in [-0.05, 0) is 72.7 Å². The van der Waals surface area contributed by atoms with E-state index in [1.165, 1.54) is 44.9 Å². The first-order valence-corrected chi connectivity index (χ1v) is 9.01. The SMILES string of the molecule is C[C@@]12CCO[C@H]1C1=CC[C@H]3[C@H](CO)CCC[C@]3(C)[C@H]1CC2. The third kappa shape index (κ3) is 1.91. The van der Waals surface area contributed by atoms with Crippen LogP contribution in [0.25, 0.3) is 0 Å². The Balaban J connectivity index is 1.70. The fraction of sp³-hybridized carbons (Fsp3) is 0.895. The summed E-state index contributed by atoms with van der Waals surface area (Å²) in [7, 11) is 0. The number of hydrogen-bond donors (Lipinski definition) is 1. The van der Waals surface area contributed by atoms with Crippen LogP contribution >= 0.6 is 0 Å². The molecule has 0 spiro atoms. The highest BCUT2D eigenvalue weighted by Gasteiger charge is 2.56. The van der Waals surface area contributed by atoms with Crippen LogP contribution in [-0.4, -0.2) is 24.4 Å². The van der Waals surface area contributed by atoms with Crippen molar-refractivity contribution in [3.8, 4) is 0 Å². The molecule has 2 heteroatoms. The van der Waals surface area contributed by atoms with E-state index >= 15 is 0 Å². The average Bonchev–Trinajstić information content (AvgIpc) is 2.87. The van der Waals surface area contributed by atoms with Crippen molar-refractivity contribution >= 4 is 0 Å². The number of allylic oxidation sites excluding steroid dienone is 1. The van der Waals surface area contributed by atoms with E-state index in [-0.39, 0.29) is 0 Å². The Hall–Kier alpha value is -0.340. The van der Waals surface area contributed by atoms with Crippen molar-refractivity contribution in [2.45, 2.75) is 64.9 Å². The van der Waals surface area contributed by atoms with Crippen molar-refractivity contribution in [3.05, 3.63) is 11.6 Å². The number of rotatable bonds is 1. The molecule has 0 aromatic heterocycles. The summed E-state index contributed by atoms with van der Waals surface area (Å²) in [6.45, 7) is 6.29. The topological polar surface area (TPSA) is 29.5 Å². The van der Waals surface area contributed by atoms with Crippen LogP contribution in [0.1, 0.15) is 58.8 Å². The maximum atomic E-state index is 9.79. The Labute approximate surface area is 129 Å². The molecular formula is C19H30O2. The zero-order valence-electron chi connectivity index (χ0n) is 13.6. The molecule has 0 amide bonds. The summed E-state index contributed by atoms with van der Waals surface area (Å²) >= 11 is 0. The minimum Gasteiger partial charge on any atom is -0.396 e. The van der Waals surface area contributed by atoms with Gasteiger partial charge in [-0.1, -0.05) is 26.3 Å². The second kappa shape index (κ2) is 4.83. The molecule has 4 aliphatic rings.